The number of amides is 1. The number of benzene rings is 1. The molecule has 19 heavy (non-hydrogen) atoms. The van der Waals surface area contributed by atoms with Gasteiger partial charge in [0.15, 0.2) is 0 Å². The predicted octanol–water partition coefficient (Wildman–Crippen LogP) is 2.30. The Kier molecular flexibility index (Phi) is 4.24. The zero-order valence-corrected chi connectivity index (χ0v) is 11.4. The number of aromatic nitrogens is 3. The molecule has 2 aromatic rings. The van der Waals surface area contributed by atoms with Gasteiger partial charge in [-0.15, -0.1) is 5.10 Å². The SMILES string of the molecule is COc1n[nH]c(NC(=O)Cc2ccc(Cl)cc2Cl)n1. The lowest BCUT2D eigenvalue weighted by Crippen LogP contribution is -2.15. The lowest BCUT2D eigenvalue weighted by atomic mass is 10.1. The molecule has 0 fully saturated rings. The van der Waals surface area contributed by atoms with E-state index in [0.29, 0.717) is 15.6 Å². The van der Waals surface area contributed by atoms with E-state index in [1.54, 1.807) is 18.2 Å². The van der Waals surface area contributed by atoms with Gasteiger partial charge in [-0.3, -0.25) is 10.1 Å². The Morgan fingerprint density at radius 2 is 2.26 bits per heavy atom. The van der Waals surface area contributed by atoms with Crippen molar-refractivity contribution < 1.29 is 9.53 Å². The van der Waals surface area contributed by atoms with Gasteiger partial charge < -0.3 is 4.74 Å². The summed E-state index contributed by atoms with van der Waals surface area (Å²) in [5.41, 5.74) is 0.676. The average molecular weight is 301 g/mol. The van der Waals surface area contributed by atoms with Crippen molar-refractivity contribution in [3.8, 4) is 6.01 Å². The quantitative estimate of drug-likeness (QED) is 0.908. The van der Waals surface area contributed by atoms with Crippen LogP contribution in [0.15, 0.2) is 18.2 Å². The molecule has 1 aromatic heterocycles. The molecule has 0 aliphatic carbocycles. The average Bonchev–Trinajstić information content (AvgIpc) is 2.80. The van der Waals surface area contributed by atoms with Gasteiger partial charge in [0.25, 0.3) is 0 Å². The molecule has 100 valence electrons. The van der Waals surface area contributed by atoms with E-state index in [0.717, 1.165) is 0 Å². The molecule has 1 aromatic carbocycles. The van der Waals surface area contributed by atoms with Crippen molar-refractivity contribution in [2.75, 3.05) is 12.4 Å². The van der Waals surface area contributed by atoms with Crippen LogP contribution >= 0.6 is 23.2 Å². The molecule has 1 amide bonds. The highest BCUT2D eigenvalue weighted by molar-refractivity contribution is 6.35. The van der Waals surface area contributed by atoms with E-state index in [9.17, 15) is 4.79 Å². The minimum absolute atomic E-state index is 0.110. The van der Waals surface area contributed by atoms with Gasteiger partial charge in [-0.2, -0.15) is 4.98 Å². The number of ether oxygens (including phenoxy) is 1. The molecule has 0 spiro atoms. The fourth-order valence-corrected chi connectivity index (χ4v) is 1.88. The summed E-state index contributed by atoms with van der Waals surface area (Å²) in [5.74, 6) is -0.0602. The Balaban J connectivity index is 2.01. The molecule has 0 aliphatic rings. The maximum Gasteiger partial charge on any atom is 0.336 e. The third kappa shape index (κ3) is 3.59. The zero-order chi connectivity index (χ0) is 13.8. The van der Waals surface area contributed by atoms with Gasteiger partial charge in [-0.05, 0) is 17.7 Å². The molecule has 2 rings (SSSR count). The summed E-state index contributed by atoms with van der Waals surface area (Å²) in [5, 5.41) is 9.74. The molecule has 0 saturated heterocycles. The molecular formula is C11H10Cl2N4O2. The first kappa shape index (κ1) is 13.6. The number of nitrogens with one attached hydrogen (secondary N) is 2. The van der Waals surface area contributed by atoms with Crippen LogP contribution in [0.3, 0.4) is 0 Å². The van der Waals surface area contributed by atoms with Crippen LogP contribution in [0.5, 0.6) is 6.01 Å². The number of H-pyrrole nitrogens is 1. The van der Waals surface area contributed by atoms with Crippen molar-refractivity contribution in [1.29, 1.82) is 0 Å². The second-order valence-electron chi connectivity index (χ2n) is 3.63. The minimum Gasteiger partial charge on any atom is -0.466 e. The molecule has 0 atom stereocenters. The van der Waals surface area contributed by atoms with E-state index in [2.05, 4.69) is 20.5 Å². The Labute approximate surface area is 119 Å². The number of methoxy groups -OCH3 is 1. The van der Waals surface area contributed by atoms with Crippen molar-refractivity contribution in [3.63, 3.8) is 0 Å². The fourth-order valence-electron chi connectivity index (χ4n) is 1.41. The van der Waals surface area contributed by atoms with Crippen LogP contribution in [0.25, 0.3) is 0 Å². The second-order valence-corrected chi connectivity index (χ2v) is 4.48. The van der Waals surface area contributed by atoms with E-state index >= 15 is 0 Å². The van der Waals surface area contributed by atoms with Gasteiger partial charge in [-0.1, -0.05) is 29.3 Å². The number of aromatic amines is 1. The van der Waals surface area contributed by atoms with E-state index in [1.807, 2.05) is 0 Å². The number of carbonyl (C=O) groups is 1. The van der Waals surface area contributed by atoms with E-state index in [-0.39, 0.29) is 24.3 Å². The van der Waals surface area contributed by atoms with Crippen LogP contribution in [-0.4, -0.2) is 28.2 Å². The number of halogens is 2. The highest BCUT2D eigenvalue weighted by atomic mass is 35.5. The first-order valence-corrected chi connectivity index (χ1v) is 6.04. The van der Waals surface area contributed by atoms with E-state index in [1.165, 1.54) is 7.11 Å². The maximum atomic E-state index is 11.8. The van der Waals surface area contributed by atoms with Gasteiger partial charge in [-0.25, -0.2) is 5.10 Å². The topological polar surface area (TPSA) is 79.9 Å². The number of rotatable bonds is 4. The van der Waals surface area contributed by atoms with Crippen LogP contribution in [0.4, 0.5) is 5.95 Å². The molecule has 6 nitrogen and oxygen atoms in total. The Bertz CT molecular complexity index is 600. The van der Waals surface area contributed by atoms with Crippen LogP contribution in [0, 0.1) is 0 Å². The number of hydrogen-bond donors (Lipinski definition) is 2. The van der Waals surface area contributed by atoms with Crippen LogP contribution in [0.1, 0.15) is 5.56 Å². The highest BCUT2D eigenvalue weighted by Gasteiger charge is 2.10. The zero-order valence-electron chi connectivity index (χ0n) is 9.91. The third-order valence-electron chi connectivity index (χ3n) is 2.27. The van der Waals surface area contributed by atoms with Crippen LogP contribution < -0.4 is 10.1 Å². The summed E-state index contributed by atoms with van der Waals surface area (Å²) in [7, 11) is 1.43. The largest absolute Gasteiger partial charge is 0.466 e. The normalized spacial score (nSPS) is 10.3. The third-order valence-corrected chi connectivity index (χ3v) is 2.86. The van der Waals surface area contributed by atoms with Crippen molar-refractivity contribution in [1.82, 2.24) is 15.2 Å². The summed E-state index contributed by atoms with van der Waals surface area (Å²) in [6, 6.07) is 5.11. The molecule has 0 radical (unpaired) electrons. The first-order valence-electron chi connectivity index (χ1n) is 5.28. The minimum atomic E-state index is -0.275. The summed E-state index contributed by atoms with van der Waals surface area (Å²) in [6.45, 7) is 0. The van der Waals surface area contributed by atoms with Crippen molar-refractivity contribution in [2.45, 2.75) is 6.42 Å². The summed E-state index contributed by atoms with van der Waals surface area (Å²) in [4.78, 5) is 15.7. The molecule has 0 unspecified atom stereocenters. The number of anilines is 1. The molecule has 0 bridgehead atoms. The summed E-state index contributed by atoms with van der Waals surface area (Å²) in [6.07, 6.45) is 0.110. The fraction of sp³-hybridized carbons (Fsp3) is 0.182. The monoisotopic (exact) mass is 300 g/mol. The molecule has 2 N–H and O–H groups in total. The number of nitrogens with zero attached hydrogens (tertiary/aromatic N) is 2. The van der Waals surface area contributed by atoms with E-state index in [4.69, 9.17) is 27.9 Å². The number of hydrogen-bond acceptors (Lipinski definition) is 4. The van der Waals surface area contributed by atoms with Crippen molar-refractivity contribution in [2.24, 2.45) is 0 Å². The summed E-state index contributed by atoms with van der Waals surface area (Å²) >= 11 is 11.8. The summed E-state index contributed by atoms with van der Waals surface area (Å²) < 4.78 is 4.79. The molecule has 0 aliphatic heterocycles. The van der Waals surface area contributed by atoms with Crippen LogP contribution in [-0.2, 0) is 11.2 Å². The van der Waals surface area contributed by atoms with Crippen molar-refractivity contribution in [3.05, 3.63) is 33.8 Å². The first-order chi connectivity index (χ1) is 9.08. The van der Waals surface area contributed by atoms with Gasteiger partial charge in [0.1, 0.15) is 0 Å². The number of carbonyl (C=O) groups excluding carboxylic acids is 1. The molecule has 8 heteroatoms. The predicted molar refractivity (Wildman–Crippen MR) is 71.7 cm³/mol. The van der Waals surface area contributed by atoms with E-state index < -0.39 is 0 Å². The second kappa shape index (κ2) is 5.90. The lowest BCUT2D eigenvalue weighted by Gasteiger charge is -2.04. The Morgan fingerprint density at radius 3 is 2.89 bits per heavy atom. The molecule has 0 saturated carbocycles. The van der Waals surface area contributed by atoms with Gasteiger partial charge in [0, 0.05) is 10.0 Å². The van der Waals surface area contributed by atoms with Gasteiger partial charge in [0.2, 0.25) is 11.9 Å². The molecule has 1 heterocycles. The smallest absolute Gasteiger partial charge is 0.336 e. The Morgan fingerprint density at radius 1 is 1.47 bits per heavy atom. The lowest BCUT2D eigenvalue weighted by molar-refractivity contribution is -0.115. The van der Waals surface area contributed by atoms with Crippen molar-refractivity contribution >= 4 is 35.1 Å². The Hall–Kier alpha value is -1.79. The highest BCUT2D eigenvalue weighted by Crippen LogP contribution is 2.21. The van der Waals surface area contributed by atoms with Gasteiger partial charge >= 0.3 is 6.01 Å². The maximum absolute atomic E-state index is 11.8. The van der Waals surface area contributed by atoms with Gasteiger partial charge in [0.05, 0.1) is 13.5 Å². The van der Waals surface area contributed by atoms with Crippen LogP contribution in [0.2, 0.25) is 10.0 Å². The molecular weight excluding hydrogens is 291 g/mol. The standard InChI is InChI=1S/C11H10Cl2N4O2/c1-19-11-15-10(16-17-11)14-9(18)4-6-2-3-7(12)5-8(6)13/h2-3,5H,4H2,1H3,(H2,14,15,16,17,18).